The molecule has 0 saturated carbocycles. The summed E-state index contributed by atoms with van der Waals surface area (Å²) in [4.78, 5) is 10.8. The van der Waals surface area contributed by atoms with E-state index < -0.39 is 0 Å². The average Bonchev–Trinajstić information content (AvgIpc) is 2.86. The van der Waals surface area contributed by atoms with E-state index in [9.17, 15) is 4.79 Å². The Hall–Kier alpha value is -2.38. The zero-order valence-electron chi connectivity index (χ0n) is 9.10. The van der Waals surface area contributed by atoms with Crippen LogP contribution in [0.4, 0.5) is 0 Å². The molecular formula is C14H10N2O. The average molecular weight is 222 g/mol. The van der Waals surface area contributed by atoms with E-state index in [1.807, 2.05) is 48.4 Å². The topological polar surface area (TPSA) is 41.5 Å². The minimum atomic E-state index is 0.460. The van der Waals surface area contributed by atoms with E-state index in [-0.39, 0.29) is 0 Å². The van der Waals surface area contributed by atoms with Crippen molar-refractivity contribution >= 4 is 22.4 Å². The van der Waals surface area contributed by atoms with Crippen molar-refractivity contribution in [1.82, 2.24) is 5.43 Å². The Kier molecular flexibility index (Phi) is 2.25. The quantitative estimate of drug-likeness (QED) is 0.749. The molecule has 0 amide bonds. The molecule has 0 aromatic heterocycles. The van der Waals surface area contributed by atoms with Crippen LogP contribution in [0.25, 0.3) is 10.8 Å². The Balaban J connectivity index is 2.28. The summed E-state index contributed by atoms with van der Waals surface area (Å²) in [7, 11) is 0. The van der Waals surface area contributed by atoms with Crippen LogP contribution in [0.3, 0.4) is 0 Å². The van der Waals surface area contributed by atoms with E-state index in [1.54, 1.807) is 0 Å². The summed E-state index contributed by atoms with van der Waals surface area (Å²) in [6.45, 7) is 0.460. The normalized spacial score (nSPS) is 14.4. The largest absolute Gasteiger partial charge is 0.304 e. The number of hydrazone groups is 1. The van der Waals surface area contributed by atoms with Gasteiger partial charge in [-0.05, 0) is 10.8 Å². The maximum absolute atomic E-state index is 10.8. The van der Waals surface area contributed by atoms with Gasteiger partial charge in [-0.1, -0.05) is 42.5 Å². The lowest BCUT2D eigenvalue weighted by molar-refractivity contribution is 0.567. The first-order chi connectivity index (χ1) is 8.40. The molecule has 3 rings (SSSR count). The van der Waals surface area contributed by atoms with Crippen LogP contribution in [-0.2, 0) is 4.79 Å². The number of fused-ring (bicyclic) bond motifs is 1. The molecule has 82 valence electrons. The molecule has 0 atom stereocenters. The van der Waals surface area contributed by atoms with Crippen molar-refractivity contribution in [2.45, 2.75) is 0 Å². The number of hydrogen-bond acceptors (Lipinski definition) is 3. The summed E-state index contributed by atoms with van der Waals surface area (Å²) in [5.74, 6) is 1.95. The molecule has 0 unspecified atom stereocenters. The molecule has 1 N–H and O–H groups in total. The fourth-order valence-electron chi connectivity index (χ4n) is 2.09. The second-order valence-electron chi connectivity index (χ2n) is 3.90. The van der Waals surface area contributed by atoms with Crippen LogP contribution < -0.4 is 5.43 Å². The summed E-state index contributed by atoms with van der Waals surface area (Å²) >= 11 is 0. The van der Waals surface area contributed by atoms with Gasteiger partial charge in [-0.2, -0.15) is 5.10 Å². The van der Waals surface area contributed by atoms with Gasteiger partial charge in [0.1, 0.15) is 11.7 Å². The van der Waals surface area contributed by atoms with E-state index in [4.69, 9.17) is 0 Å². The second-order valence-corrected chi connectivity index (χ2v) is 3.90. The number of benzene rings is 2. The van der Waals surface area contributed by atoms with Crippen LogP contribution in [-0.4, -0.2) is 18.2 Å². The molecular weight excluding hydrogens is 212 g/mol. The van der Waals surface area contributed by atoms with Crippen molar-refractivity contribution in [2.24, 2.45) is 5.10 Å². The van der Waals surface area contributed by atoms with Gasteiger partial charge in [0.25, 0.3) is 0 Å². The lowest BCUT2D eigenvalue weighted by atomic mass is 9.98. The highest BCUT2D eigenvalue weighted by Crippen LogP contribution is 2.22. The van der Waals surface area contributed by atoms with Gasteiger partial charge in [0.05, 0.1) is 12.1 Å². The lowest BCUT2D eigenvalue weighted by Crippen LogP contribution is -2.05. The van der Waals surface area contributed by atoms with Crippen molar-refractivity contribution in [3.8, 4) is 0 Å². The van der Waals surface area contributed by atoms with E-state index >= 15 is 0 Å². The zero-order chi connectivity index (χ0) is 11.7. The Bertz CT molecular complexity index is 661. The molecule has 0 radical (unpaired) electrons. The van der Waals surface area contributed by atoms with Gasteiger partial charge in [-0.15, -0.1) is 0 Å². The van der Waals surface area contributed by atoms with Crippen LogP contribution in [0.1, 0.15) is 5.56 Å². The molecule has 1 aliphatic rings. The Morgan fingerprint density at radius 3 is 2.82 bits per heavy atom. The van der Waals surface area contributed by atoms with Crippen molar-refractivity contribution in [2.75, 3.05) is 6.54 Å². The molecule has 1 heterocycles. The van der Waals surface area contributed by atoms with Crippen LogP contribution in [0.15, 0.2) is 53.1 Å². The second kappa shape index (κ2) is 3.89. The third kappa shape index (κ3) is 1.53. The summed E-state index contributed by atoms with van der Waals surface area (Å²) in [6, 6.07) is 14.1. The molecule has 1 aliphatic heterocycles. The number of rotatable bonds is 1. The maximum atomic E-state index is 10.8. The number of nitrogens with one attached hydrogen (secondary N) is 1. The Morgan fingerprint density at radius 1 is 1.12 bits per heavy atom. The molecule has 17 heavy (non-hydrogen) atoms. The first kappa shape index (κ1) is 9.82. The van der Waals surface area contributed by atoms with Gasteiger partial charge < -0.3 is 5.43 Å². The highest BCUT2D eigenvalue weighted by atomic mass is 16.1. The zero-order valence-corrected chi connectivity index (χ0v) is 9.10. The lowest BCUT2D eigenvalue weighted by Gasteiger charge is -2.05. The van der Waals surface area contributed by atoms with Crippen LogP contribution in [0, 0.1) is 0 Å². The summed E-state index contributed by atoms with van der Waals surface area (Å²) < 4.78 is 0. The summed E-state index contributed by atoms with van der Waals surface area (Å²) in [6.07, 6.45) is 0. The van der Waals surface area contributed by atoms with E-state index in [0.29, 0.717) is 17.8 Å². The molecule has 2 aromatic rings. The fourth-order valence-corrected chi connectivity index (χ4v) is 2.09. The van der Waals surface area contributed by atoms with Crippen LogP contribution in [0.5, 0.6) is 0 Å². The predicted octanol–water partition coefficient (Wildman–Crippen LogP) is 1.91. The molecule has 0 saturated heterocycles. The summed E-state index contributed by atoms with van der Waals surface area (Å²) in [5.41, 5.74) is 5.09. The van der Waals surface area contributed by atoms with Crippen molar-refractivity contribution in [1.29, 1.82) is 0 Å². The molecule has 0 spiro atoms. The molecule has 3 heteroatoms. The minimum Gasteiger partial charge on any atom is -0.304 e. The van der Waals surface area contributed by atoms with Crippen LogP contribution >= 0.6 is 0 Å². The third-order valence-corrected chi connectivity index (χ3v) is 2.90. The van der Waals surface area contributed by atoms with Gasteiger partial charge >= 0.3 is 0 Å². The van der Waals surface area contributed by atoms with Gasteiger partial charge in [0.2, 0.25) is 0 Å². The molecule has 2 aromatic carbocycles. The van der Waals surface area contributed by atoms with Crippen molar-refractivity contribution < 1.29 is 4.79 Å². The third-order valence-electron chi connectivity index (χ3n) is 2.90. The monoisotopic (exact) mass is 222 g/mol. The van der Waals surface area contributed by atoms with Crippen molar-refractivity contribution in [3.63, 3.8) is 0 Å². The highest BCUT2D eigenvalue weighted by Gasteiger charge is 2.18. The molecule has 0 bridgehead atoms. The predicted molar refractivity (Wildman–Crippen MR) is 67.7 cm³/mol. The van der Waals surface area contributed by atoms with Crippen molar-refractivity contribution in [3.05, 3.63) is 53.6 Å². The SMILES string of the molecule is O=C=C1CNN=C1c1cccc2ccccc12. The first-order valence-corrected chi connectivity index (χ1v) is 5.43. The number of hydrogen-bond donors (Lipinski definition) is 1. The van der Waals surface area contributed by atoms with Crippen LogP contribution in [0.2, 0.25) is 0 Å². The fraction of sp³-hybridized carbons (Fsp3) is 0.0714. The first-order valence-electron chi connectivity index (χ1n) is 5.43. The van der Waals surface area contributed by atoms with Gasteiger partial charge in [-0.25, -0.2) is 4.79 Å². The Morgan fingerprint density at radius 2 is 1.94 bits per heavy atom. The number of carbonyl (C=O) groups excluding carboxylic acids is 1. The van der Waals surface area contributed by atoms with E-state index in [2.05, 4.69) is 10.5 Å². The smallest absolute Gasteiger partial charge is 0.132 e. The van der Waals surface area contributed by atoms with E-state index in [1.165, 1.54) is 0 Å². The minimum absolute atomic E-state index is 0.460. The van der Waals surface area contributed by atoms with Gasteiger partial charge in [0, 0.05) is 5.56 Å². The van der Waals surface area contributed by atoms with Gasteiger partial charge in [-0.3, -0.25) is 0 Å². The molecule has 3 nitrogen and oxygen atoms in total. The maximum Gasteiger partial charge on any atom is 0.132 e. The number of nitrogens with zero attached hydrogens (tertiary/aromatic N) is 1. The molecule has 0 fully saturated rings. The van der Waals surface area contributed by atoms with E-state index in [0.717, 1.165) is 16.3 Å². The van der Waals surface area contributed by atoms with Gasteiger partial charge in [0.15, 0.2) is 0 Å². The molecule has 0 aliphatic carbocycles. The Labute approximate surface area is 98.5 Å². The highest BCUT2D eigenvalue weighted by molar-refractivity contribution is 6.23. The summed E-state index contributed by atoms with van der Waals surface area (Å²) in [5, 5.41) is 6.42. The standard InChI is InChI=1S/C14H10N2O/c17-9-11-8-15-16-14(11)13-7-3-5-10-4-1-2-6-12(10)13/h1-7,15H,8H2.